The van der Waals surface area contributed by atoms with Crippen LogP contribution < -0.4 is 5.32 Å². The Kier molecular flexibility index (Phi) is 4.89. The highest BCUT2D eigenvalue weighted by Crippen LogP contribution is 2.29. The van der Waals surface area contributed by atoms with Gasteiger partial charge in [-0.2, -0.15) is 4.31 Å². The van der Waals surface area contributed by atoms with Gasteiger partial charge in [0.2, 0.25) is 15.9 Å². The lowest BCUT2D eigenvalue weighted by Crippen LogP contribution is -2.44. The van der Waals surface area contributed by atoms with Crippen molar-refractivity contribution in [3.63, 3.8) is 0 Å². The van der Waals surface area contributed by atoms with Crippen molar-refractivity contribution in [2.75, 3.05) is 17.6 Å². The van der Waals surface area contributed by atoms with Gasteiger partial charge in [0.1, 0.15) is 6.04 Å². The summed E-state index contributed by atoms with van der Waals surface area (Å²) in [6.07, 6.45) is 1.81. The molecule has 1 saturated heterocycles. The van der Waals surface area contributed by atoms with Crippen LogP contribution >= 0.6 is 11.3 Å². The summed E-state index contributed by atoms with van der Waals surface area (Å²) in [5.74, 6) is -0.208. The van der Waals surface area contributed by atoms with Gasteiger partial charge in [-0.1, -0.05) is 30.4 Å². The first-order valence-corrected chi connectivity index (χ1v) is 10.5. The van der Waals surface area contributed by atoms with E-state index in [9.17, 15) is 13.2 Å². The van der Waals surface area contributed by atoms with Crippen LogP contribution in [0, 0.1) is 6.92 Å². The maximum absolute atomic E-state index is 12.6. The van der Waals surface area contributed by atoms with Crippen molar-refractivity contribution in [2.45, 2.75) is 39.2 Å². The van der Waals surface area contributed by atoms with E-state index in [1.165, 1.54) is 15.6 Å². The molecular weight excluding hydrogens is 346 g/mol. The Labute approximate surface area is 145 Å². The molecule has 2 aromatic rings. The van der Waals surface area contributed by atoms with Crippen molar-refractivity contribution >= 4 is 42.6 Å². The van der Waals surface area contributed by atoms with E-state index in [4.69, 9.17) is 0 Å². The van der Waals surface area contributed by atoms with Gasteiger partial charge in [-0.25, -0.2) is 13.4 Å². The topological polar surface area (TPSA) is 79.4 Å². The highest BCUT2D eigenvalue weighted by atomic mass is 32.2. The van der Waals surface area contributed by atoms with Gasteiger partial charge in [0.05, 0.1) is 16.0 Å². The second-order valence-electron chi connectivity index (χ2n) is 6.01. The molecule has 1 aliphatic heterocycles. The minimum atomic E-state index is -3.37. The van der Waals surface area contributed by atoms with Crippen molar-refractivity contribution in [3.8, 4) is 0 Å². The molecule has 6 nitrogen and oxygen atoms in total. The number of sulfonamides is 1. The molecule has 0 radical (unpaired) electrons. The number of aryl methyl sites for hydroxylation is 1. The molecule has 1 fully saturated rings. The Hall–Kier alpha value is -1.51. The Balaban J connectivity index is 1.79. The molecule has 24 heavy (non-hydrogen) atoms. The number of nitrogens with one attached hydrogen (secondary N) is 1. The van der Waals surface area contributed by atoms with Crippen LogP contribution in [-0.2, 0) is 14.8 Å². The third kappa shape index (κ3) is 3.31. The summed E-state index contributed by atoms with van der Waals surface area (Å²) in [5.41, 5.74) is 1.93. The molecule has 0 saturated carbocycles. The molecule has 0 spiro atoms. The summed E-state index contributed by atoms with van der Waals surface area (Å²) >= 11 is 1.41. The molecule has 1 aromatic carbocycles. The second-order valence-corrected chi connectivity index (χ2v) is 9.09. The van der Waals surface area contributed by atoms with Gasteiger partial charge in [-0.15, -0.1) is 0 Å². The molecule has 2 heterocycles. The number of thiazole rings is 1. The Morgan fingerprint density at radius 3 is 2.96 bits per heavy atom. The smallest absolute Gasteiger partial charge is 0.244 e. The largest absolute Gasteiger partial charge is 0.301 e. The zero-order valence-corrected chi connectivity index (χ0v) is 15.4. The van der Waals surface area contributed by atoms with Crippen LogP contribution in [0.1, 0.15) is 31.7 Å². The normalized spacial score (nSPS) is 19.0. The number of benzene rings is 1. The molecule has 1 aromatic heterocycles. The van der Waals surface area contributed by atoms with Gasteiger partial charge in [0, 0.05) is 6.54 Å². The monoisotopic (exact) mass is 367 g/mol. The molecule has 8 heteroatoms. The summed E-state index contributed by atoms with van der Waals surface area (Å²) in [4.78, 5) is 17.1. The van der Waals surface area contributed by atoms with Crippen molar-refractivity contribution in [1.29, 1.82) is 0 Å². The van der Waals surface area contributed by atoms with Gasteiger partial charge >= 0.3 is 0 Å². The van der Waals surface area contributed by atoms with Crippen molar-refractivity contribution < 1.29 is 13.2 Å². The molecule has 1 atom stereocenters. The van der Waals surface area contributed by atoms with E-state index in [-0.39, 0.29) is 11.7 Å². The lowest BCUT2D eigenvalue weighted by atomic mass is 10.2. The predicted octanol–water partition coefficient (Wildman–Crippen LogP) is 2.75. The van der Waals surface area contributed by atoms with Gasteiger partial charge in [-0.05, 0) is 37.8 Å². The van der Waals surface area contributed by atoms with E-state index in [1.54, 1.807) is 0 Å². The van der Waals surface area contributed by atoms with E-state index in [0.29, 0.717) is 30.9 Å². The van der Waals surface area contributed by atoms with E-state index >= 15 is 0 Å². The standard InChI is InChI=1S/C16H21N3O3S2/c1-3-10-24(21,22)19-9-5-7-12(19)15(20)18-16-17-14-11(2)6-4-8-13(14)23-16/h4,6,8,12H,3,5,7,9-10H2,1-2H3,(H,17,18,20)/t12-/m0/s1. The van der Waals surface area contributed by atoms with E-state index in [2.05, 4.69) is 10.3 Å². The first-order valence-electron chi connectivity index (χ1n) is 8.09. The Bertz CT molecular complexity index is 861. The summed E-state index contributed by atoms with van der Waals surface area (Å²) in [6, 6.07) is 5.26. The Morgan fingerprint density at radius 1 is 1.46 bits per heavy atom. The van der Waals surface area contributed by atoms with E-state index in [0.717, 1.165) is 15.8 Å². The van der Waals surface area contributed by atoms with Crippen LogP contribution in [0.3, 0.4) is 0 Å². The number of fused-ring (bicyclic) bond motifs is 1. The molecule has 3 rings (SSSR count). The molecule has 1 N–H and O–H groups in total. The third-order valence-electron chi connectivity index (χ3n) is 4.18. The fourth-order valence-electron chi connectivity index (χ4n) is 3.04. The number of aromatic nitrogens is 1. The van der Waals surface area contributed by atoms with E-state index < -0.39 is 16.1 Å². The zero-order valence-electron chi connectivity index (χ0n) is 13.8. The number of carbonyl (C=O) groups excluding carboxylic acids is 1. The number of hydrogen-bond donors (Lipinski definition) is 1. The van der Waals surface area contributed by atoms with Crippen LogP contribution in [0.15, 0.2) is 18.2 Å². The summed E-state index contributed by atoms with van der Waals surface area (Å²) in [5, 5.41) is 3.32. The van der Waals surface area contributed by atoms with Crippen molar-refractivity contribution in [3.05, 3.63) is 23.8 Å². The minimum Gasteiger partial charge on any atom is -0.301 e. The Morgan fingerprint density at radius 2 is 2.25 bits per heavy atom. The molecule has 130 valence electrons. The molecule has 0 bridgehead atoms. The summed E-state index contributed by atoms with van der Waals surface area (Å²) in [6.45, 7) is 4.22. The SMILES string of the molecule is CCCS(=O)(=O)N1CCC[C@H]1C(=O)Nc1nc2c(C)cccc2s1. The summed E-state index contributed by atoms with van der Waals surface area (Å²) < 4.78 is 27.0. The van der Waals surface area contributed by atoms with Crippen LogP contribution in [-0.4, -0.2) is 42.0 Å². The van der Waals surface area contributed by atoms with E-state index in [1.807, 2.05) is 32.0 Å². The zero-order chi connectivity index (χ0) is 17.3. The minimum absolute atomic E-state index is 0.0805. The average molecular weight is 367 g/mol. The van der Waals surface area contributed by atoms with Crippen molar-refractivity contribution in [2.24, 2.45) is 0 Å². The van der Waals surface area contributed by atoms with Crippen LogP contribution in [0.25, 0.3) is 10.2 Å². The average Bonchev–Trinajstić information content (AvgIpc) is 3.14. The highest BCUT2D eigenvalue weighted by molar-refractivity contribution is 7.89. The van der Waals surface area contributed by atoms with Crippen LogP contribution in [0.5, 0.6) is 0 Å². The van der Waals surface area contributed by atoms with Gasteiger partial charge in [-0.3, -0.25) is 4.79 Å². The second kappa shape index (κ2) is 6.78. The van der Waals surface area contributed by atoms with Crippen LogP contribution in [0.4, 0.5) is 5.13 Å². The number of amides is 1. The molecule has 1 aliphatic rings. The highest BCUT2D eigenvalue weighted by Gasteiger charge is 2.38. The number of rotatable bonds is 5. The van der Waals surface area contributed by atoms with Gasteiger partial charge in [0.15, 0.2) is 5.13 Å². The molecule has 0 aliphatic carbocycles. The lowest BCUT2D eigenvalue weighted by molar-refractivity contribution is -0.119. The quantitative estimate of drug-likeness (QED) is 0.881. The maximum Gasteiger partial charge on any atom is 0.244 e. The molecular formula is C16H21N3O3S2. The number of anilines is 1. The number of carbonyl (C=O) groups is 1. The number of hydrogen-bond acceptors (Lipinski definition) is 5. The lowest BCUT2D eigenvalue weighted by Gasteiger charge is -2.22. The van der Waals surface area contributed by atoms with Crippen molar-refractivity contribution in [1.82, 2.24) is 9.29 Å². The summed E-state index contributed by atoms with van der Waals surface area (Å²) in [7, 11) is -3.37. The van der Waals surface area contributed by atoms with Gasteiger partial charge in [0.25, 0.3) is 0 Å². The first kappa shape index (κ1) is 17.3. The fourth-order valence-corrected chi connectivity index (χ4v) is 5.73. The third-order valence-corrected chi connectivity index (χ3v) is 7.19. The predicted molar refractivity (Wildman–Crippen MR) is 96.8 cm³/mol. The van der Waals surface area contributed by atoms with Gasteiger partial charge < -0.3 is 5.32 Å². The van der Waals surface area contributed by atoms with Crippen LogP contribution in [0.2, 0.25) is 0 Å². The molecule has 0 unspecified atom stereocenters. The molecule has 1 amide bonds. The maximum atomic E-state index is 12.6. The fraction of sp³-hybridized carbons (Fsp3) is 0.500. The first-order chi connectivity index (χ1) is 11.4. The number of nitrogens with zero attached hydrogens (tertiary/aromatic N) is 2. The number of para-hydroxylation sites is 1.